The molecule has 0 bridgehead atoms. The number of methoxy groups -OCH3 is 1. The molecule has 0 atom stereocenters. The Hall–Kier alpha value is -1.28. The van der Waals surface area contributed by atoms with Crippen LogP contribution in [0.2, 0.25) is 0 Å². The van der Waals surface area contributed by atoms with Crippen LogP contribution in [0.15, 0.2) is 29.8 Å². The van der Waals surface area contributed by atoms with Gasteiger partial charge in [0, 0.05) is 12.1 Å². The Morgan fingerprint density at radius 1 is 1.29 bits per heavy atom. The van der Waals surface area contributed by atoms with Crippen molar-refractivity contribution in [3.8, 4) is 5.75 Å². The molecule has 17 heavy (non-hydrogen) atoms. The van der Waals surface area contributed by atoms with Crippen LogP contribution in [-0.2, 0) is 0 Å². The topological polar surface area (TPSA) is 21.3 Å². The average Bonchev–Trinajstić information content (AvgIpc) is 2.38. The van der Waals surface area contributed by atoms with E-state index in [0.717, 1.165) is 30.8 Å². The number of hydrogen-bond acceptors (Lipinski definition) is 2. The molecule has 2 nitrogen and oxygen atoms in total. The molecule has 0 saturated carbocycles. The van der Waals surface area contributed by atoms with Crippen LogP contribution >= 0.6 is 0 Å². The lowest BCUT2D eigenvalue weighted by molar-refractivity contribution is 0.414. The first-order valence-electron chi connectivity index (χ1n) is 6.35. The highest BCUT2D eigenvalue weighted by atomic mass is 16.5. The maximum atomic E-state index is 5.35. The number of benzene rings is 1. The third-order valence-corrected chi connectivity index (χ3v) is 2.73. The zero-order valence-corrected chi connectivity index (χ0v) is 11.1. The van der Waals surface area contributed by atoms with Gasteiger partial charge in [-0.05, 0) is 25.5 Å². The summed E-state index contributed by atoms with van der Waals surface area (Å²) in [5.41, 5.74) is 2.56. The molecule has 0 radical (unpaired) electrons. The summed E-state index contributed by atoms with van der Waals surface area (Å²) in [6, 6.07) is 8.13. The molecule has 1 rings (SSSR count). The highest BCUT2D eigenvalue weighted by molar-refractivity contribution is 5.59. The molecule has 0 fully saturated rings. The van der Waals surface area contributed by atoms with Crippen LogP contribution in [0.1, 0.15) is 32.3 Å². The predicted molar refractivity (Wildman–Crippen MR) is 74.4 cm³/mol. The van der Waals surface area contributed by atoms with Crippen LogP contribution in [-0.4, -0.2) is 20.2 Å². The molecular formula is C15H23NO. The molecule has 1 N–H and O–H groups in total. The van der Waals surface area contributed by atoms with Gasteiger partial charge in [-0.25, -0.2) is 0 Å². The fourth-order valence-electron chi connectivity index (χ4n) is 1.71. The van der Waals surface area contributed by atoms with Gasteiger partial charge in [0.15, 0.2) is 0 Å². The van der Waals surface area contributed by atoms with Gasteiger partial charge < -0.3 is 10.1 Å². The fraction of sp³-hybridized carbons (Fsp3) is 0.467. The molecular weight excluding hydrogens is 210 g/mol. The summed E-state index contributed by atoms with van der Waals surface area (Å²) in [6.07, 6.45) is 4.46. The van der Waals surface area contributed by atoms with E-state index in [0.29, 0.717) is 0 Å². The standard InChI is InChI=1S/C15H23NO/c1-4-10-16-12-13(5-2)11-14-8-6-7-9-15(14)17-3/h6-9,11,16H,4-5,10,12H2,1-3H3. The highest BCUT2D eigenvalue weighted by Crippen LogP contribution is 2.20. The lowest BCUT2D eigenvalue weighted by Gasteiger charge is -2.09. The van der Waals surface area contributed by atoms with Gasteiger partial charge in [-0.3, -0.25) is 0 Å². The van der Waals surface area contributed by atoms with Gasteiger partial charge in [0.05, 0.1) is 7.11 Å². The third kappa shape index (κ3) is 4.61. The summed E-state index contributed by atoms with van der Waals surface area (Å²) < 4.78 is 5.35. The van der Waals surface area contributed by atoms with Gasteiger partial charge in [-0.15, -0.1) is 0 Å². The van der Waals surface area contributed by atoms with E-state index < -0.39 is 0 Å². The van der Waals surface area contributed by atoms with E-state index in [1.54, 1.807) is 7.11 Å². The molecule has 0 aromatic heterocycles. The summed E-state index contributed by atoms with van der Waals surface area (Å²) in [5, 5.41) is 3.43. The van der Waals surface area contributed by atoms with Crippen LogP contribution in [0.4, 0.5) is 0 Å². The van der Waals surface area contributed by atoms with E-state index in [4.69, 9.17) is 4.74 Å². The van der Waals surface area contributed by atoms with Crippen molar-refractivity contribution in [3.05, 3.63) is 35.4 Å². The average molecular weight is 233 g/mol. The van der Waals surface area contributed by atoms with Crippen LogP contribution in [0.3, 0.4) is 0 Å². The highest BCUT2D eigenvalue weighted by Gasteiger charge is 2.00. The monoisotopic (exact) mass is 233 g/mol. The molecule has 0 aliphatic heterocycles. The second-order valence-electron chi connectivity index (χ2n) is 4.07. The number of rotatable bonds is 7. The minimum absolute atomic E-state index is 0.939. The number of ether oxygens (including phenoxy) is 1. The van der Waals surface area contributed by atoms with Gasteiger partial charge in [0.25, 0.3) is 0 Å². The van der Waals surface area contributed by atoms with E-state index >= 15 is 0 Å². The largest absolute Gasteiger partial charge is 0.496 e. The quantitative estimate of drug-likeness (QED) is 0.728. The molecule has 2 heteroatoms. The smallest absolute Gasteiger partial charge is 0.126 e. The second-order valence-corrected chi connectivity index (χ2v) is 4.07. The Bertz CT molecular complexity index is 358. The van der Waals surface area contributed by atoms with E-state index in [1.165, 1.54) is 12.0 Å². The van der Waals surface area contributed by atoms with E-state index in [9.17, 15) is 0 Å². The van der Waals surface area contributed by atoms with Gasteiger partial charge in [-0.2, -0.15) is 0 Å². The van der Waals surface area contributed by atoms with Crippen LogP contribution in [0.5, 0.6) is 5.75 Å². The molecule has 0 aliphatic rings. The predicted octanol–water partition coefficient (Wildman–Crippen LogP) is 3.49. The first-order valence-corrected chi connectivity index (χ1v) is 6.35. The van der Waals surface area contributed by atoms with Crippen LogP contribution in [0.25, 0.3) is 6.08 Å². The summed E-state index contributed by atoms with van der Waals surface area (Å²) in [7, 11) is 1.72. The molecule has 1 aromatic carbocycles. The SMILES string of the molecule is CCCNCC(=Cc1ccccc1OC)CC. The Kier molecular flexibility index (Phi) is 6.41. The molecule has 1 aromatic rings. The lowest BCUT2D eigenvalue weighted by Crippen LogP contribution is -2.17. The number of para-hydroxylation sites is 1. The first kappa shape index (κ1) is 13.8. The molecule has 0 aliphatic carbocycles. The van der Waals surface area contributed by atoms with Crippen molar-refractivity contribution in [1.29, 1.82) is 0 Å². The Morgan fingerprint density at radius 2 is 2.06 bits per heavy atom. The second kappa shape index (κ2) is 7.91. The molecule has 94 valence electrons. The lowest BCUT2D eigenvalue weighted by atomic mass is 10.1. The van der Waals surface area contributed by atoms with Crippen molar-refractivity contribution in [2.75, 3.05) is 20.2 Å². The Labute approximate surface area is 105 Å². The molecule has 0 saturated heterocycles. The third-order valence-electron chi connectivity index (χ3n) is 2.73. The Morgan fingerprint density at radius 3 is 2.71 bits per heavy atom. The summed E-state index contributed by atoms with van der Waals surface area (Å²) in [4.78, 5) is 0. The molecule has 0 amide bonds. The van der Waals surface area contributed by atoms with Crippen molar-refractivity contribution in [2.45, 2.75) is 26.7 Å². The van der Waals surface area contributed by atoms with Gasteiger partial charge in [0.2, 0.25) is 0 Å². The number of hydrogen-bond donors (Lipinski definition) is 1. The summed E-state index contributed by atoms with van der Waals surface area (Å²) >= 11 is 0. The molecule has 0 unspecified atom stereocenters. The van der Waals surface area contributed by atoms with Gasteiger partial charge >= 0.3 is 0 Å². The van der Waals surface area contributed by atoms with Crippen molar-refractivity contribution in [2.24, 2.45) is 0 Å². The van der Waals surface area contributed by atoms with Crippen molar-refractivity contribution in [3.63, 3.8) is 0 Å². The zero-order valence-electron chi connectivity index (χ0n) is 11.1. The Balaban J connectivity index is 2.75. The van der Waals surface area contributed by atoms with E-state index in [2.05, 4.69) is 31.3 Å². The normalized spacial score (nSPS) is 11.6. The molecule has 0 heterocycles. The maximum Gasteiger partial charge on any atom is 0.126 e. The fourth-order valence-corrected chi connectivity index (χ4v) is 1.71. The van der Waals surface area contributed by atoms with E-state index in [1.807, 2.05) is 18.2 Å². The molecule has 0 spiro atoms. The zero-order chi connectivity index (χ0) is 12.5. The van der Waals surface area contributed by atoms with E-state index in [-0.39, 0.29) is 0 Å². The van der Waals surface area contributed by atoms with Crippen LogP contribution in [0, 0.1) is 0 Å². The maximum absolute atomic E-state index is 5.35. The number of nitrogens with one attached hydrogen (secondary N) is 1. The van der Waals surface area contributed by atoms with Crippen molar-refractivity contribution < 1.29 is 4.74 Å². The summed E-state index contributed by atoms with van der Waals surface area (Å²) in [6.45, 7) is 6.41. The minimum Gasteiger partial charge on any atom is -0.496 e. The van der Waals surface area contributed by atoms with Crippen molar-refractivity contribution >= 4 is 6.08 Å². The van der Waals surface area contributed by atoms with Gasteiger partial charge in [0.1, 0.15) is 5.75 Å². The first-order chi connectivity index (χ1) is 8.31. The minimum atomic E-state index is 0.939. The summed E-state index contributed by atoms with van der Waals surface area (Å²) in [5.74, 6) is 0.939. The van der Waals surface area contributed by atoms with Gasteiger partial charge in [-0.1, -0.05) is 43.7 Å². The van der Waals surface area contributed by atoms with Crippen molar-refractivity contribution in [1.82, 2.24) is 5.32 Å². The van der Waals surface area contributed by atoms with Crippen LogP contribution < -0.4 is 10.1 Å².